The van der Waals surface area contributed by atoms with Crippen molar-refractivity contribution >= 4 is 17.9 Å². The molecule has 1 aromatic rings. The standard InChI is InChI=1S/C26H38N4O6/c1-7-30-19(16-28-11-13-29(14-12-28)24(31)17(3)4)22(25(32)36-8-2)23(27-26(30)33)18-9-10-20(34-5)21(15-18)35-6/h9-10,15,17,23H,7-8,11-14,16H2,1-6H3,(H,27,33). The molecule has 3 rings (SSSR count). The van der Waals surface area contributed by atoms with Crippen molar-refractivity contribution in [2.75, 3.05) is 60.1 Å². The van der Waals surface area contributed by atoms with E-state index < -0.39 is 12.0 Å². The first kappa shape index (κ1) is 27.3. The lowest BCUT2D eigenvalue weighted by molar-refractivity contribution is -0.139. The minimum atomic E-state index is -0.710. The highest BCUT2D eigenvalue weighted by atomic mass is 16.5. The van der Waals surface area contributed by atoms with Crippen molar-refractivity contribution in [3.05, 3.63) is 35.0 Å². The molecule has 1 saturated heterocycles. The lowest BCUT2D eigenvalue weighted by Crippen LogP contribution is -2.54. The highest BCUT2D eigenvalue weighted by Crippen LogP contribution is 2.36. The van der Waals surface area contributed by atoms with Crippen molar-refractivity contribution in [1.29, 1.82) is 0 Å². The van der Waals surface area contributed by atoms with Crippen LogP contribution in [0.1, 0.15) is 39.3 Å². The van der Waals surface area contributed by atoms with Crippen molar-refractivity contribution in [2.24, 2.45) is 5.92 Å². The van der Waals surface area contributed by atoms with Gasteiger partial charge in [-0.3, -0.25) is 14.6 Å². The molecule has 0 radical (unpaired) electrons. The van der Waals surface area contributed by atoms with Gasteiger partial charge >= 0.3 is 12.0 Å². The van der Waals surface area contributed by atoms with Crippen LogP contribution < -0.4 is 14.8 Å². The van der Waals surface area contributed by atoms with Crippen molar-refractivity contribution in [2.45, 2.75) is 33.7 Å². The summed E-state index contributed by atoms with van der Waals surface area (Å²) in [7, 11) is 3.09. The monoisotopic (exact) mass is 502 g/mol. The molecule has 0 spiro atoms. The second kappa shape index (κ2) is 12.1. The number of piperazine rings is 1. The molecule has 0 aromatic heterocycles. The maximum Gasteiger partial charge on any atom is 0.338 e. The lowest BCUT2D eigenvalue weighted by atomic mass is 9.93. The summed E-state index contributed by atoms with van der Waals surface area (Å²) in [6.45, 7) is 11.0. The van der Waals surface area contributed by atoms with Crippen LogP contribution in [0.25, 0.3) is 0 Å². The molecular weight excluding hydrogens is 464 g/mol. The Morgan fingerprint density at radius 1 is 1.06 bits per heavy atom. The third kappa shape index (κ3) is 5.75. The summed E-state index contributed by atoms with van der Waals surface area (Å²) >= 11 is 0. The molecule has 2 aliphatic rings. The molecule has 1 aromatic carbocycles. The fourth-order valence-corrected chi connectivity index (χ4v) is 4.64. The molecule has 1 fully saturated rings. The smallest absolute Gasteiger partial charge is 0.338 e. The van der Waals surface area contributed by atoms with Crippen molar-refractivity contribution in [3.63, 3.8) is 0 Å². The van der Waals surface area contributed by atoms with Gasteiger partial charge in [0.05, 0.1) is 32.4 Å². The number of rotatable bonds is 9. The van der Waals surface area contributed by atoms with Gasteiger partial charge in [-0.2, -0.15) is 0 Å². The Morgan fingerprint density at radius 2 is 1.72 bits per heavy atom. The summed E-state index contributed by atoms with van der Waals surface area (Å²) in [5, 5.41) is 2.97. The largest absolute Gasteiger partial charge is 0.493 e. The van der Waals surface area contributed by atoms with E-state index in [2.05, 4.69) is 10.2 Å². The first-order chi connectivity index (χ1) is 17.2. The highest BCUT2D eigenvalue weighted by molar-refractivity contribution is 5.95. The maximum atomic E-state index is 13.3. The second-order valence-corrected chi connectivity index (χ2v) is 9.08. The fraction of sp³-hybridized carbons (Fsp3) is 0.577. The van der Waals surface area contributed by atoms with Crippen LogP contribution in [0.5, 0.6) is 11.5 Å². The van der Waals surface area contributed by atoms with Crippen molar-refractivity contribution < 1.29 is 28.6 Å². The number of carbonyl (C=O) groups is 3. The van der Waals surface area contributed by atoms with Crippen LogP contribution in [-0.4, -0.2) is 92.7 Å². The van der Waals surface area contributed by atoms with Gasteiger partial charge in [-0.1, -0.05) is 19.9 Å². The van der Waals surface area contributed by atoms with Crippen molar-refractivity contribution in [3.8, 4) is 11.5 Å². The van der Waals surface area contributed by atoms with E-state index in [1.165, 1.54) is 7.11 Å². The van der Waals surface area contributed by atoms with E-state index in [0.29, 0.717) is 67.6 Å². The van der Waals surface area contributed by atoms with Gasteiger partial charge in [-0.25, -0.2) is 9.59 Å². The maximum absolute atomic E-state index is 13.3. The van der Waals surface area contributed by atoms with E-state index in [9.17, 15) is 14.4 Å². The number of hydrogen-bond acceptors (Lipinski definition) is 7. The summed E-state index contributed by atoms with van der Waals surface area (Å²) in [6, 6.07) is 4.33. The summed E-state index contributed by atoms with van der Waals surface area (Å²) in [4.78, 5) is 44.5. The van der Waals surface area contributed by atoms with Crippen LogP contribution in [0.4, 0.5) is 4.79 Å². The van der Waals surface area contributed by atoms with E-state index in [1.807, 2.05) is 25.7 Å². The topological polar surface area (TPSA) is 101 Å². The first-order valence-electron chi connectivity index (χ1n) is 12.5. The molecule has 1 N–H and O–H groups in total. The number of nitrogens with one attached hydrogen (secondary N) is 1. The minimum Gasteiger partial charge on any atom is -0.493 e. The zero-order chi connectivity index (χ0) is 26.4. The first-order valence-corrected chi connectivity index (χ1v) is 12.5. The normalized spacial score (nSPS) is 18.9. The summed E-state index contributed by atoms with van der Waals surface area (Å²) in [6.07, 6.45) is 0. The SMILES string of the molecule is CCOC(=O)C1=C(CN2CCN(C(=O)C(C)C)CC2)N(CC)C(=O)NC1c1ccc(OC)c(OC)c1. The molecular formula is C26H38N4O6. The number of nitrogens with zero attached hydrogens (tertiary/aromatic N) is 3. The number of methoxy groups -OCH3 is 2. The number of ether oxygens (including phenoxy) is 3. The third-order valence-electron chi connectivity index (χ3n) is 6.54. The Bertz CT molecular complexity index is 1000. The summed E-state index contributed by atoms with van der Waals surface area (Å²) in [5.74, 6) is 0.669. The van der Waals surface area contributed by atoms with Gasteiger partial charge in [-0.15, -0.1) is 0 Å². The number of likely N-dealkylation sites (N-methyl/N-ethyl adjacent to an activating group) is 1. The third-order valence-corrected chi connectivity index (χ3v) is 6.54. The van der Waals surface area contributed by atoms with Gasteiger partial charge in [0, 0.05) is 50.9 Å². The molecule has 198 valence electrons. The molecule has 3 amide bonds. The molecule has 2 aliphatic heterocycles. The predicted octanol–water partition coefficient (Wildman–Crippen LogP) is 2.41. The van der Waals surface area contributed by atoms with E-state index in [-0.39, 0.29) is 24.5 Å². The van der Waals surface area contributed by atoms with E-state index >= 15 is 0 Å². The Labute approximate surface area is 213 Å². The number of amides is 3. The van der Waals surface area contributed by atoms with Gasteiger partial charge in [0.2, 0.25) is 5.91 Å². The van der Waals surface area contributed by atoms with E-state index in [4.69, 9.17) is 14.2 Å². The highest BCUT2D eigenvalue weighted by Gasteiger charge is 2.39. The molecule has 0 aliphatic carbocycles. The fourth-order valence-electron chi connectivity index (χ4n) is 4.64. The van der Waals surface area contributed by atoms with Crippen LogP contribution in [0.2, 0.25) is 0 Å². The number of hydrogen-bond donors (Lipinski definition) is 1. The number of carbonyl (C=O) groups excluding carboxylic acids is 3. The Balaban J connectivity index is 1.99. The van der Waals surface area contributed by atoms with Gasteiger partial charge in [0.1, 0.15) is 0 Å². The van der Waals surface area contributed by atoms with Gasteiger partial charge < -0.3 is 24.4 Å². The number of esters is 1. The molecule has 0 bridgehead atoms. The summed E-state index contributed by atoms with van der Waals surface area (Å²) < 4.78 is 16.3. The van der Waals surface area contributed by atoms with E-state index in [1.54, 1.807) is 37.1 Å². The molecule has 0 saturated carbocycles. The number of urea groups is 1. The van der Waals surface area contributed by atoms with Gasteiger partial charge in [-0.05, 0) is 31.5 Å². The Morgan fingerprint density at radius 3 is 2.28 bits per heavy atom. The molecule has 36 heavy (non-hydrogen) atoms. The quantitative estimate of drug-likeness (QED) is 0.518. The van der Waals surface area contributed by atoms with Gasteiger partial charge in [0.25, 0.3) is 0 Å². The van der Waals surface area contributed by atoms with Crippen LogP contribution >= 0.6 is 0 Å². The van der Waals surface area contributed by atoms with Crippen LogP contribution in [0, 0.1) is 5.92 Å². The molecule has 1 unspecified atom stereocenters. The number of benzene rings is 1. The molecule has 1 atom stereocenters. The predicted molar refractivity (Wildman–Crippen MR) is 135 cm³/mol. The van der Waals surface area contributed by atoms with Gasteiger partial charge in [0.15, 0.2) is 11.5 Å². The van der Waals surface area contributed by atoms with E-state index in [0.717, 1.165) is 0 Å². The lowest BCUT2D eigenvalue weighted by Gasteiger charge is -2.40. The van der Waals surface area contributed by atoms with Crippen LogP contribution in [0.3, 0.4) is 0 Å². The molecule has 10 heteroatoms. The molecule has 2 heterocycles. The molecule has 10 nitrogen and oxygen atoms in total. The average molecular weight is 503 g/mol. The van der Waals surface area contributed by atoms with Crippen LogP contribution in [-0.2, 0) is 14.3 Å². The zero-order valence-corrected chi connectivity index (χ0v) is 22.1. The average Bonchev–Trinajstić information content (AvgIpc) is 2.88. The summed E-state index contributed by atoms with van der Waals surface area (Å²) in [5.41, 5.74) is 1.69. The van der Waals surface area contributed by atoms with Crippen LogP contribution in [0.15, 0.2) is 29.5 Å². The zero-order valence-electron chi connectivity index (χ0n) is 22.1. The Hall–Kier alpha value is -3.27. The Kier molecular flexibility index (Phi) is 9.19. The minimum absolute atomic E-state index is 0.0467. The van der Waals surface area contributed by atoms with Crippen molar-refractivity contribution in [1.82, 2.24) is 20.0 Å². The second-order valence-electron chi connectivity index (χ2n) is 9.08.